The van der Waals surface area contributed by atoms with Gasteiger partial charge >= 0.3 is 11.9 Å². The average Bonchev–Trinajstić information content (AvgIpc) is 3.10. The summed E-state index contributed by atoms with van der Waals surface area (Å²) < 4.78 is 53.6. The normalized spacial score (nSPS) is 22.0. The van der Waals surface area contributed by atoms with Gasteiger partial charge in [0.15, 0.2) is 12.4 Å². The number of aliphatic hydroxyl groups excluding tert-OH is 3. The molecular formula is C39H64O12S. The molecule has 12 nitrogen and oxygen atoms in total. The summed E-state index contributed by atoms with van der Waals surface area (Å²) in [5, 5.41) is 30.7. The Morgan fingerprint density at radius 3 is 1.79 bits per heavy atom. The van der Waals surface area contributed by atoms with Crippen LogP contribution in [-0.4, -0.2) is 96.0 Å². The number of carbonyl (C=O) groups is 2. The molecule has 0 amide bonds. The van der Waals surface area contributed by atoms with Crippen LogP contribution < -0.4 is 0 Å². The molecule has 0 aromatic rings. The summed E-state index contributed by atoms with van der Waals surface area (Å²) in [6.45, 7) is 3.49. The molecule has 1 aliphatic rings. The van der Waals surface area contributed by atoms with Crippen molar-refractivity contribution in [2.24, 2.45) is 0 Å². The summed E-state index contributed by atoms with van der Waals surface area (Å²) >= 11 is 0. The van der Waals surface area contributed by atoms with Crippen LogP contribution in [0.3, 0.4) is 0 Å². The molecular weight excluding hydrogens is 692 g/mol. The molecule has 298 valence electrons. The Morgan fingerprint density at radius 2 is 1.21 bits per heavy atom. The van der Waals surface area contributed by atoms with Gasteiger partial charge in [-0.3, -0.25) is 14.1 Å². The zero-order valence-corrected chi connectivity index (χ0v) is 32.0. The molecule has 0 aromatic carbocycles. The van der Waals surface area contributed by atoms with Crippen LogP contribution in [0.2, 0.25) is 0 Å². The summed E-state index contributed by atoms with van der Waals surface area (Å²) in [4.78, 5) is 25.1. The third kappa shape index (κ3) is 24.6. The van der Waals surface area contributed by atoms with Crippen molar-refractivity contribution >= 4 is 22.1 Å². The minimum atomic E-state index is -4.60. The van der Waals surface area contributed by atoms with E-state index in [1.54, 1.807) is 0 Å². The van der Waals surface area contributed by atoms with Crippen molar-refractivity contribution in [2.45, 2.75) is 153 Å². The second-order valence-corrected chi connectivity index (χ2v) is 14.4. The summed E-state index contributed by atoms with van der Waals surface area (Å²) in [5.41, 5.74) is 0. The summed E-state index contributed by atoms with van der Waals surface area (Å²) in [6.07, 6.45) is 24.6. The summed E-state index contributed by atoms with van der Waals surface area (Å²) in [5.74, 6) is -2.08. The van der Waals surface area contributed by atoms with E-state index in [4.69, 9.17) is 18.9 Å². The first-order valence-electron chi connectivity index (χ1n) is 18.8. The highest BCUT2D eigenvalue weighted by atomic mass is 32.2. The van der Waals surface area contributed by atoms with Crippen LogP contribution in [0.15, 0.2) is 60.8 Å². The molecule has 1 heterocycles. The van der Waals surface area contributed by atoms with Crippen LogP contribution in [0.4, 0.5) is 0 Å². The monoisotopic (exact) mass is 756 g/mol. The van der Waals surface area contributed by atoms with Crippen molar-refractivity contribution in [2.75, 3.05) is 19.0 Å². The minimum absolute atomic E-state index is 0.139. The van der Waals surface area contributed by atoms with E-state index < -0.39 is 71.2 Å². The van der Waals surface area contributed by atoms with Crippen molar-refractivity contribution in [3.8, 4) is 0 Å². The highest BCUT2D eigenvalue weighted by Crippen LogP contribution is 2.23. The Kier molecular flexibility index (Phi) is 27.1. The number of hydrogen-bond donors (Lipinski definition) is 4. The molecule has 1 saturated heterocycles. The van der Waals surface area contributed by atoms with Gasteiger partial charge in [0.2, 0.25) is 0 Å². The van der Waals surface area contributed by atoms with Gasteiger partial charge in [-0.25, -0.2) is 0 Å². The first-order valence-corrected chi connectivity index (χ1v) is 20.5. The summed E-state index contributed by atoms with van der Waals surface area (Å²) in [6, 6.07) is 0. The van der Waals surface area contributed by atoms with E-state index in [-0.39, 0.29) is 19.4 Å². The van der Waals surface area contributed by atoms with Gasteiger partial charge in [-0.1, -0.05) is 113 Å². The van der Waals surface area contributed by atoms with Crippen molar-refractivity contribution < 1.29 is 56.8 Å². The van der Waals surface area contributed by atoms with E-state index in [0.717, 1.165) is 64.2 Å². The number of esters is 2. The average molecular weight is 757 g/mol. The van der Waals surface area contributed by atoms with E-state index >= 15 is 0 Å². The van der Waals surface area contributed by atoms with Crippen LogP contribution in [0.5, 0.6) is 0 Å². The smallest absolute Gasteiger partial charge is 0.306 e. The lowest BCUT2D eigenvalue weighted by Gasteiger charge is -2.40. The molecule has 52 heavy (non-hydrogen) atoms. The van der Waals surface area contributed by atoms with Crippen LogP contribution in [-0.2, 0) is 38.7 Å². The van der Waals surface area contributed by atoms with Gasteiger partial charge < -0.3 is 34.3 Å². The Morgan fingerprint density at radius 1 is 0.673 bits per heavy atom. The van der Waals surface area contributed by atoms with Crippen LogP contribution in [0.25, 0.3) is 0 Å². The van der Waals surface area contributed by atoms with Crippen LogP contribution >= 0.6 is 0 Å². The van der Waals surface area contributed by atoms with Gasteiger partial charge in [0, 0.05) is 12.8 Å². The second-order valence-electron chi connectivity index (χ2n) is 12.9. The zero-order chi connectivity index (χ0) is 38.5. The van der Waals surface area contributed by atoms with E-state index in [0.29, 0.717) is 19.3 Å². The van der Waals surface area contributed by atoms with Gasteiger partial charge in [-0.2, -0.15) is 8.42 Å². The summed E-state index contributed by atoms with van der Waals surface area (Å²) in [7, 11) is -4.60. The third-order valence-electron chi connectivity index (χ3n) is 8.11. The fraction of sp³-hybridized carbons (Fsp3) is 0.692. The molecule has 2 unspecified atom stereocenters. The molecule has 1 rings (SSSR count). The largest absolute Gasteiger partial charge is 0.462 e. The SMILES string of the molecule is CC/C=C/C/C=C/C/C=C/C/C=C/C/C=C/CCCC(=O)OC[C@H](CO[C@H]1O[C@H](CS(=O)(=O)O)[C@@H](O)C(O)C1O)OC(=O)CCCCCCCCC. The van der Waals surface area contributed by atoms with Crippen molar-refractivity contribution in [1.82, 2.24) is 0 Å². The van der Waals surface area contributed by atoms with Gasteiger partial charge in [0.25, 0.3) is 10.1 Å². The van der Waals surface area contributed by atoms with Gasteiger partial charge in [0.1, 0.15) is 36.8 Å². The molecule has 1 aliphatic heterocycles. The Hall–Kier alpha value is -2.65. The lowest BCUT2D eigenvalue weighted by atomic mass is 10.00. The number of hydrogen-bond acceptors (Lipinski definition) is 11. The molecule has 0 spiro atoms. The van der Waals surface area contributed by atoms with E-state index in [2.05, 4.69) is 62.5 Å². The predicted molar refractivity (Wildman–Crippen MR) is 201 cm³/mol. The number of carbonyl (C=O) groups excluding carboxylic acids is 2. The fourth-order valence-electron chi connectivity index (χ4n) is 5.18. The molecule has 1 fully saturated rings. The van der Waals surface area contributed by atoms with E-state index in [1.807, 2.05) is 12.2 Å². The number of aliphatic hydroxyl groups is 3. The first-order chi connectivity index (χ1) is 25.0. The number of rotatable bonds is 29. The molecule has 13 heteroatoms. The Balaban J connectivity index is 2.53. The second kappa shape index (κ2) is 29.8. The van der Waals surface area contributed by atoms with Crippen LogP contribution in [0, 0.1) is 0 Å². The lowest BCUT2D eigenvalue weighted by Crippen LogP contribution is -2.60. The standard InChI is InChI=1S/C39H64O12S/c1-3-5-7-9-11-12-13-14-15-16-17-18-19-20-22-23-25-27-34(40)48-29-32(50-35(41)28-26-24-21-10-8-6-4-2)30-49-39-38(44)37(43)36(42)33(51-39)31-52(45,46)47/h5,7,11-12,14-15,17-18,20,22,32-33,36-39,42-44H,3-4,6,8-10,13,16,19,21,23-31H2,1-2H3,(H,45,46,47)/b7-5+,12-11+,15-14+,18-17+,22-20+/t32-,33-,36-,37?,38?,39+/m1/s1. The van der Waals surface area contributed by atoms with Gasteiger partial charge in [-0.05, 0) is 51.4 Å². The molecule has 0 bridgehead atoms. The highest BCUT2D eigenvalue weighted by molar-refractivity contribution is 7.85. The number of ether oxygens (including phenoxy) is 4. The third-order valence-corrected chi connectivity index (χ3v) is 8.86. The number of allylic oxidation sites excluding steroid dienone is 10. The zero-order valence-electron chi connectivity index (χ0n) is 31.1. The van der Waals surface area contributed by atoms with Crippen molar-refractivity contribution in [3.05, 3.63) is 60.8 Å². The molecule has 0 aliphatic carbocycles. The lowest BCUT2D eigenvalue weighted by molar-refractivity contribution is -0.297. The molecule has 6 atom stereocenters. The predicted octanol–water partition coefficient (Wildman–Crippen LogP) is 6.22. The molecule has 0 saturated carbocycles. The first kappa shape index (κ1) is 47.4. The molecule has 4 N–H and O–H groups in total. The number of unbranched alkanes of at least 4 members (excludes halogenated alkanes) is 7. The van der Waals surface area contributed by atoms with Crippen molar-refractivity contribution in [1.29, 1.82) is 0 Å². The minimum Gasteiger partial charge on any atom is -0.462 e. The van der Waals surface area contributed by atoms with E-state index in [1.165, 1.54) is 6.42 Å². The van der Waals surface area contributed by atoms with Crippen molar-refractivity contribution in [3.63, 3.8) is 0 Å². The van der Waals surface area contributed by atoms with Crippen LogP contribution in [0.1, 0.15) is 117 Å². The fourth-order valence-corrected chi connectivity index (χ4v) is 5.87. The Labute approximate surface area is 311 Å². The maximum Gasteiger partial charge on any atom is 0.306 e. The topological polar surface area (TPSA) is 186 Å². The van der Waals surface area contributed by atoms with Gasteiger partial charge in [-0.15, -0.1) is 0 Å². The molecule has 0 aromatic heterocycles. The highest BCUT2D eigenvalue weighted by Gasteiger charge is 2.46. The maximum absolute atomic E-state index is 12.6. The Bertz CT molecular complexity index is 1210. The van der Waals surface area contributed by atoms with E-state index in [9.17, 15) is 37.9 Å². The van der Waals surface area contributed by atoms with Gasteiger partial charge in [0.05, 0.1) is 6.61 Å². The molecule has 0 radical (unpaired) electrons. The quantitative estimate of drug-likeness (QED) is 0.0293. The maximum atomic E-state index is 12.6.